The van der Waals surface area contributed by atoms with E-state index in [1.54, 1.807) is 0 Å². The zero-order valence-electron chi connectivity index (χ0n) is 12.3. The molecule has 3 heteroatoms. The SMILES string of the molecule is CC(C)NCc1cnc(C2CCCc3ccccc32)[nH]1. The van der Waals surface area contributed by atoms with Gasteiger partial charge in [0.1, 0.15) is 5.82 Å². The second-order valence-corrected chi connectivity index (χ2v) is 5.97. The van der Waals surface area contributed by atoms with Crippen LogP contribution in [0.1, 0.15) is 55.3 Å². The molecular weight excluding hydrogens is 246 g/mol. The summed E-state index contributed by atoms with van der Waals surface area (Å²) in [7, 11) is 0. The highest BCUT2D eigenvalue weighted by Gasteiger charge is 2.23. The van der Waals surface area contributed by atoms with Crippen LogP contribution < -0.4 is 5.32 Å². The van der Waals surface area contributed by atoms with Crippen molar-refractivity contribution in [2.45, 2.75) is 51.6 Å². The highest BCUT2D eigenvalue weighted by Crippen LogP contribution is 2.34. The van der Waals surface area contributed by atoms with Crippen molar-refractivity contribution in [2.24, 2.45) is 0 Å². The Kier molecular flexibility index (Phi) is 3.88. The standard InChI is InChI=1S/C17H23N3/c1-12(2)18-10-14-11-19-17(20-14)16-9-5-7-13-6-3-4-8-15(13)16/h3-4,6,8,11-12,16,18H,5,7,9-10H2,1-2H3,(H,19,20). The lowest BCUT2D eigenvalue weighted by molar-refractivity contribution is 0.575. The largest absolute Gasteiger partial charge is 0.344 e. The van der Waals surface area contributed by atoms with Crippen LogP contribution in [-0.2, 0) is 13.0 Å². The third-order valence-corrected chi connectivity index (χ3v) is 4.05. The quantitative estimate of drug-likeness (QED) is 0.893. The van der Waals surface area contributed by atoms with Gasteiger partial charge in [0.2, 0.25) is 0 Å². The van der Waals surface area contributed by atoms with Crippen LogP contribution in [0.4, 0.5) is 0 Å². The van der Waals surface area contributed by atoms with Gasteiger partial charge in [-0.2, -0.15) is 0 Å². The third kappa shape index (κ3) is 2.78. The van der Waals surface area contributed by atoms with Crippen LogP contribution in [0.2, 0.25) is 0 Å². The highest BCUT2D eigenvalue weighted by atomic mass is 15.0. The molecule has 1 atom stereocenters. The molecule has 0 amide bonds. The number of aromatic amines is 1. The average Bonchev–Trinajstić information content (AvgIpc) is 2.93. The molecule has 20 heavy (non-hydrogen) atoms. The summed E-state index contributed by atoms with van der Waals surface area (Å²) in [6.07, 6.45) is 5.63. The Morgan fingerprint density at radius 1 is 1.35 bits per heavy atom. The van der Waals surface area contributed by atoms with E-state index in [-0.39, 0.29) is 0 Å². The fourth-order valence-corrected chi connectivity index (χ4v) is 3.00. The summed E-state index contributed by atoms with van der Waals surface area (Å²) in [5.74, 6) is 1.56. The monoisotopic (exact) mass is 269 g/mol. The molecule has 1 aromatic heterocycles. The van der Waals surface area contributed by atoms with Crippen LogP contribution in [0.15, 0.2) is 30.5 Å². The second-order valence-electron chi connectivity index (χ2n) is 5.97. The van der Waals surface area contributed by atoms with Crippen molar-refractivity contribution in [3.8, 4) is 0 Å². The third-order valence-electron chi connectivity index (χ3n) is 4.05. The van der Waals surface area contributed by atoms with Gasteiger partial charge in [0.15, 0.2) is 0 Å². The van der Waals surface area contributed by atoms with Crippen molar-refractivity contribution in [1.29, 1.82) is 0 Å². The molecule has 0 fully saturated rings. The van der Waals surface area contributed by atoms with Gasteiger partial charge in [-0.15, -0.1) is 0 Å². The Hall–Kier alpha value is -1.61. The highest BCUT2D eigenvalue weighted by molar-refractivity contribution is 5.36. The molecule has 1 aromatic carbocycles. The summed E-state index contributed by atoms with van der Waals surface area (Å²) in [5.41, 5.74) is 4.12. The van der Waals surface area contributed by atoms with Crippen molar-refractivity contribution < 1.29 is 0 Å². The molecule has 2 N–H and O–H groups in total. The topological polar surface area (TPSA) is 40.7 Å². The zero-order valence-corrected chi connectivity index (χ0v) is 12.3. The molecule has 1 unspecified atom stereocenters. The number of rotatable bonds is 4. The van der Waals surface area contributed by atoms with Crippen LogP contribution in [0.25, 0.3) is 0 Å². The van der Waals surface area contributed by atoms with Gasteiger partial charge < -0.3 is 10.3 Å². The maximum absolute atomic E-state index is 4.62. The van der Waals surface area contributed by atoms with Crippen molar-refractivity contribution in [3.05, 3.63) is 53.1 Å². The molecule has 0 saturated heterocycles. The van der Waals surface area contributed by atoms with E-state index in [0.717, 1.165) is 12.4 Å². The molecule has 2 aromatic rings. The van der Waals surface area contributed by atoms with Gasteiger partial charge in [-0.25, -0.2) is 4.98 Å². The molecule has 3 nitrogen and oxygen atoms in total. The van der Waals surface area contributed by atoms with Crippen LogP contribution in [-0.4, -0.2) is 16.0 Å². The van der Waals surface area contributed by atoms with Gasteiger partial charge in [-0.3, -0.25) is 0 Å². The molecule has 0 spiro atoms. The smallest absolute Gasteiger partial charge is 0.113 e. The van der Waals surface area contributed by atoms with Gasteiger partial charge in [-0.05, 0) is 30.4 Å². The van der Waals surface area contributed by atoms with E-state index >= 15 is 0 Å². The number of aromatic nitrogens is 2. The molecule has 0 bridgehead atoms. The fourth-order valence-electron chi connectivity index (χ4n) is 3.00. The molecule has 0 aliphatic heterocycles. The minimum atomic E-state index is 0.438. The summed E-state index contributed by atoms with van der Waals surface area (Å²) in [6, 6.07) is 9.29. The van der Waals surface area contributed by atoms with Crippen molar-refractivity contribution in [2.75, 3.05) is 0 Å². The number of H-pyrrole nitrogens is 1. The lowest BCUT2D eigenvalue weighted by Gasteiger charge is -2.23. The Morgan fingerprint density at radius 2 is 2.20 bits per heavy atom. The summed E-state index contributed by atoms with van der Waals surface area (Å²) in [6.45, 7) is 5.18. The van der Waals surface area contributed by atoms with E-state index in [2.05, 4.69) is 53.4 Å². The molecule has 1 aliphatic carbocycles. The summed E-state index contributed by atoms with van der Waals surface area (Å²) in [4.78, 5) is 8.13. The van der Waals surface area contributed by atoms with Crippen molar-refractivity contribution in [3.63, 3.8) is 0 Å². The number of aryl methyl sites for hydroxylation is 1. The Labute approximate surface area is 120 Å². The average molecular weight is 269 g/mol. The van der Waals surface area contributed by atoms with Crippen LogP contribution in [0.5, 0.6) is 0 Å². The number of hydrogen-bond donors (Lipinski definition) is 2. The first-order valence-corrected chi connectivity index (χ1v) is 7.59. The first-order valence-electron chi connectivity index (χ1n) is 7.59. The number of fused-ring (bicyclic) bond motifs is 1. The summed E-state index contributed by atoms with van der Waals surface area (Å²) in [5, 5.41) is 3.43. The maximum Gasteiger partial charge on any atom is 0.113 e. The second kappa shape index (κ2) is 5.80. The van der Waals surface area contributed by atoms with Gasteiger partial charge >= 0.3 is 0 Å². The van der Waals surface area contributed by atoms with Gasteiger partial charge in [0.05, 0.1) is 0 Å². The number of hydrogen-bond acceptors (Lipinski definition) is 2. The van der Waals surface area contributed by atoms with E-state index < -0.39 is 0 Å². The Bertz CT molecular complexity index is 571. The van der Waals surface area contributed by atoms with Crippen LogP contribution >= 0.6 is 0 Å². The van der Waals surface area contributed by atoms with E-state index in [1.807, 2.05) is 6.20 Å². The molecular formula is C17H23N3. The number of imidazole rings is 1. The normalized spacial score (nSPS) is 18.2. The maximum atomic E-state index is 4.62. The summed E-state index contributed by atoms with van der Waals surface area (Å²) < 4.78 is 0. The van der Waals surface area contributed by atoms with E-state index in [4.69, 9.17) is 0 Å². The number of nitrogens with one attached hydrogen (secondary N) is 2. The molecule has 0 saturated carbocycles. The van der Waals surface area contributed by atoms with Crippen molar-refractivity contribution >= 4 is 0 Å². The van der Waals surface area contributed by atoms with Gasteiger partial charge in [0, 0.05) is 30.4 Å². The lowest BCUT2D eigenvalue weighted by atomic mass is 9.82. The van der Waals surface area contributed by atoms with Crippen LogP contribution in [0.3, 0.4) is 0 Å². The minimum Gasteiger partial charge on any atom is -0.344 e. The van der Waals surface area contributed by atoms with E-state index in [9.17, 15) is 0 Å². The lowest BCUT2D eigenvalue weighted by Crippen LogP contribution is -2.22. The van der Waals surface area contributed by atoms with E-state index in [0.29, 0.717) is 12.0 Å². The van der Waals surface area contributed by atoms with Crippen LogP contribution in [0, 0.1) is 0 Å². The minimum absolute atomic E-state index is 0.438. The molecule has 106 valence electrons. The first kappa shape index (κ1) is 13.4. The van der Waals surface area contributed by atoms with Gasteiger partial charge in [-0.1, -0.05) is 38.1 Å². The summed E-state index contributed by atoms with van der Waals surface area (Å²) >= 11 is 0. The zero-order chi connectivity index (χ0) is 13.9. The predicted octanol–water partition coefficient (Wildman–Crippen LogP) is 3.38. The molecule has 3 rings (SSSR count). The van der Waals surface area contributed by atoms with Crippen molar-refractivity contribution in [1.82, 2.24) is 15.3 Å². The molecule has 0 radical (unpaired) electrons. The van der Waals surface area contributed by atoms with Gasteiger partial charge in [0.25, 0.3) is 0 Å². The van der Waals surface area contributed by atoms with E-state index in [1.165, 1.54) is 36.1 Å². The Balaban J connectivity index is 1.80. The molecule has 1 aliphatic rings. The number of nitrogens with zero attached hydrogens (tertiary/aromatic N) is 1. The fraction of sp³-hybridized carbons (Fsp3) is 0.471. The first-order chi connectivity index (χ1) is 9.74. The molecule has 1 heterocycles. The Morgan fingerprint density at radius 3 is 3.05 bits per heavy atom. The number of benzene rings is 1. The predicted molar refractivity (Wildman–Crippen MR) is 81.8 cm³/mol.